The number of carbonyl (C=O) groups is 1. The maximum Gasteiger partial charge on any atom is 0.162 e. The monoisotopic (exact) mass is 301 g/mol. The summed E-state index contributed by atoms with van der Waals surface area (Å²) in [4.78, 5) is 12.1. The van der Waals surface area contributed by atoms with E-state index in [4.69, 9.17) is 5.73 Å². The average Bonchev–Trinajstić information content (AvgIpc) is 2.72. The first-order chi connectivity index (χ1) is 10.4. The van der Waals surface area contributed by atoms with Gasteiger partial charge in [0, 0.05) is 17.5 Å². The molecule has 3 N–H and O–H groups in total. The van der Waals surface area contributed by atoms with Crippen LogP contribution in [0.2, 0.25) is 0 Å². The number of nitrogens with two attached hydrogens (primary N) is 1. The van der Waals surface area contributed by atoms with Crippen molar-refractivity contribution in [2.24, 2.45) is 40.2 Å². The topological polar surface area (TPSA) is 63.3 Å². The number of aliphatic hydroxyl groups is 1. The number of allylic oxidation sites excluding steroid dienone is 3. The maximum atomic E-state index is 12.1. The number of aliphatic hydroxyl groups excluding tert-OH is 1. The molecule has 0 saturated heterocycles. The van der Waals surface area contributed by atoms with Crippen LogP contribution in [0.5, 0.6) is 0 Å². The molecule has 0 aromatic carbocycles. The summed E-state index contributed by atoms with van der Waals surface area (Å²) in [5.41, 5.74) is 6.89. The summed E-state index contributed by atoms with van der Waals surface area (Å²) in [6.45, 7) is 4.52. The Morgan fingerprint density at radius 3 is 2.77 bits per heavy atom. The zero-order chi connectivity index (χ0) is 15.7. The lowest BCUT2D eigenvalue weighted by molar-refractivity contribution is -0.129. The summed E-state index contributed by atoms with van der Waals surface area (Å²) in [6, 6.07) is 0. The van der Waals surface area contributed by atoms with Crippen LogP contribution in [0.15, 0.2) is 23.9 Å². The second-order valence-electron chi connectivity index (χ2n) is 8.54. The molecule has 0 heterocycles. The molecule has 22 heavy (non-hydrogen) atoms. The van der Waals surface area contributed by atoms with Crippen molar-refractivity contribution in [1.82, 2.24) is 0 Å². The molecule has 0 amide bonds. The van der Waals surface area contributed by atoms with Crippen LogP contribution in [0.25, 0.3) is 0 Å². The van der Waals surface area contributed by atoms with E-state index in [9.17, 15) is 9.90 Å². The highest BCUT2D eigenvalue weighted by Crippen LogP contribution is 2.64. The normalized spacial score (nSPS) is 53.5. The van der Waals surface area contributed by atoms with E-state index in [0.29, 0.717) is 30.1 Å². The summed E-state index contributed by atoms with van der Waals surface area (Å²) in [5, 5.41) is 10.4. The van der Waals surface area contributed by atoms with Gasteiger partial charge in [0.1, 0.15) is 6.10 Å². The number of carbonyl (C=O) groups excluding carboxylic acids is 1. The van der Waals surface area contributed by atoms with Crippen LogP contribution in [0.3, 0.4) is 0 Å². The van der Waals surface area contributed by atoms with E-state index < -0.39 is 6.10 Å². The molecule has 7 atom stereocenters. The number of fused-ring (bicyclic) bond motifs is 5. The van der Waals surface area contributed by atoms with Crippen molar-refractivity contribution in [2.45, 2.75) is 52.1 Å². The highest BCUT2D eigenvalue weighted by atomic mass is 16.3. The number of rotatable bonds is 0. The predicted octanol–water partition coefficient (Wildman–Crippen LogP) is 2.80. The lowest BCUT2D eigenvalue weighted by Gasteiger charge is -2.57. The number of ketones is 1. The number of hydrogen-bond acceptors (Lipinski definition) is 3. The van der Waals surface area contributed by atoms with Gasteiger partial charge in [-0.1, -0.05) is 26.0 Å². The molecule has 4 aliphatic rings. The smallest absolute Gasteiger partial charge is 0.162 e. The van der Waals surface area contributed by atoms with E-state index in [-0.39, 0.29) is 16.6 Å². The molecule has 4 rings (SSSR count). The predicted molar refractivity (Wildman–Crippen MR) is 85.7 cm³/mol. The Bertz CT molecular complexity index is 580. The Hall–Kier alpha value is -1.09. The highest BCUT2D eigenvalue weighted by molar-refractivity contribution is 5.86. The Labute approximate surface area is 132 Å². The first-order valence-corrected chi connectivity index (χ1v) is 8.73. The Morgan fingerprint density at radius 2 is 2.00 bits per heavy atom. The van der Waals surface area contributed by atoms with Crippen molar-refractivity contribution in [3.8, 4) is 0 Å². The van der Waals surface area contributed by atoms with Gasteiger partial charge in [-0.15, -0.1) is 0 Å². The molecule has 1 unspecified atom stereocenters. The summed E-state index contributed by atoms with van der Waals surface area (Å²) in [6.07, 6.45) is 10.9. The standard InChI is InChI=1S/C19H27NO2/c1-18-7-5-12(20)9-11(18)3-4-13-14(18)6-8-19(2)15(13)10-16(21)17(19)22/h5,7,9,11,13-15,17,22H,3-4,6,8,10,20H2,1-2H3/t11?,13-,14+,15+,17+,18+,19+/m1/s1. The molecule has 120 valence electrons. The zero-order valence-corrected chi connectivity index (χ0v) is 13.6. The fourth-order valence-corrected chi connectivity index (χ4v) is 6.26. The van der Waals surface area contributed by atoms with E-state index in [1.54, 1.807) is 0 Å². The minimum absolute atomic E-state index is 0.0729. The summed E-state index contributed by atoms with van der Waals surface area (Å²) in [5.74, 6) is 2.15. The number of hydrogen-bond donors (Lipinski definition) is 2. The Morgan fingerprint density at radius 1 is 1.23 bits per heavy atom. The zero-order valence-electron chi connectivity index (χ0n) is 13.6. The maximum absolute atomic E-state index is 12.1. The van der Waals surface area contributed by atoms with Gasteiger partial charge in [-0.25, -0.2) is 0 Å². The lowest BCUT2D eigenvalue weighted by Crippen LogP contribution is -2.52. The van der Waals surface area contributed by atoms with Crippen molar-refractivity contribution < 1.29 is 9.90 Å². The third kappa shape index (κ3) is 1.69. The molecule has 0 radical (unpaired) electrons. The number of Topliss-reactive ketones (excluding diaryl/α,β-unsaturated/α-hetero) is 1. The van der Waals surface area contributed by atoms with Crippen molar-refractivity contribution in [3.63, 3.8) is 0 Å². The first-order valence-electron chi connectivity index (χ1n) is 8.73. The fraction of sp³-hybridized carbons (Fsp3) is 0.737. The molecule has 0 aromatic heterocycles. The summed E-state index contributed by atoms with van der Waals surface area (Å²) >= 11 is 0. The first kappa shape index (κ1) is 14.5. The van der Waals surface area contributed by atoms with Gasteiger partial charge < -0.3 is 10.8 Å². The van der Waals surface area contributed by atoms with Crippen LogP contribution in [0.1, 0.15) is 46.0 Å². The molecular weight excluding hydrogens is 274 g/mol. The third-order valence-electron chi connectivity index (χ3n) is 7.66. The van der Waals surface area contributed by atoms with Crippen LogP contribution in [-0.4, -0.2) is 17.0 Å². The van der Waals surface area contributed by atoms with E-state index in [2.05, 4.69) is 32.1 Å². The van der Waals surface area contributed by atoms with E-state index in [1.165, 1.54) is 6.42 Å². The largest absolute Gasteiger partial charge is 0.399 e. The molecule has 0 aromatic rings. The average molecular weight is 301 g/mol. The molecule has 3 nitrogen and oxygen atoms in total. The van der Waals surface area contributed by atoms with Crippen molar-refractivity contribution in [2.75, 3.05) is 0 Å². The van der Waals surface area contributed by atoms with E-state index >= 15 is 0 Å². The van der Waals surface area contributed by atoms with Crippen LogP contribution < -0.4 is 5.73 Å². The summed E-state index contributed by atoms with van der Waals surface area (Å²) < 4.78 is 0. The van der Waals surface area contributed by atoms with Crippen molar-refractivity contribution >= 4 is 5.78 Å². The molecule has 0 bridgehead atoms. The molecule has 3 saturated carbocycles. The van der Waals surface area contributed by atoms with E-state index in [1.807, 2.05) is 0 Å². The van der Waals surface area contributed by atoms with Gasteiger partial charge in [0.25, 0.3) is 0 Å². The van der Waals surface area contributed by atoms with Crippen molar-refractivity contribution in [3.05, 3.63) is 23.9 Å². The van der Waals surface area contributed by atoms with Gasteiger partial charge in [-0.3, -0.25) is 4.79 Å². The SMILES string of the molecule is C[C@]12CC[C@H]3[C@@H](CCC4C=C(N)C=C[C@@]43C)[C@@H]1CC(=O)[C@@H]2O. The van der Waals surface area contributed by atoms with Crippen LogP contribution in [0.4, 0.5) is 0 Å². The van der Waals surface area contributed by atoms with Crippen LogP contribution in [0, 0.1) is 34.5 Å². The molecule has 4 aliphatic carbocycles. The van der Waals surface area contributed by atoms with Gasteiger partial charge in [0.05, 0.1) is 0 Å². The third-order valence-corrected chi connectivity index (χ3v) is 7.66. The van der Waals surface area contributed by atoms with Gasteiger partial charge in [0.15, 0.2) is 5.78 Å². The molecular formula is C19H27NO2. The van der Waals surface area contributed by atoms with Crippen molar-refractivity contribution in [1.29, 1.82) is 0 Å². The summed E-state index contributed by atoms with van der Waals surface area (Å²) in [7, 11) is 0. The second kappa shape index (κ2) is 4.47. The lowest BCUT2D eigenvalue weighted by atomic mass is 9.47. The molecule has 3 heteroatoms. The molecule has 0 spiro atoms. The second-order valence-corrected chi connectivity index (χ2v) is 8.54. The van der Waals surface area contributed by atoms with Gasteiger partial charge in [-0.05, 0) is 60.8 Å². The quantitative estimate of drug-likeness (QED) is 0.723. The van der Waals surface area contributed by atoms with Gasteiger partial charge in [-0.2, -0.15) is 0 Å². The van der Waals surface area contributed by atoms with Crippen LogP contribution in [-0.2, 0) is 4.79 Å². The Kier molecular flexibility index (Phi) is 2.95. The highest BCUT2D eigenvalue weighted by Gasteiger charge is 2.61. The Balaban J connectivity index is 1.69. The van der Waals surface area contributed by atoms with Gasteiger partial charge >= 0.3 is 0 Å². The molecule has 3 fully saturated rings. The minimum atomic E-state index is -0.735. The van der Waals surface area contributed by atoms with Crippen LogP contribution >= 0.6 is 0 Å². The molecule has 0 aliphatic heterocycles. The van der Waals surface area contributed by atoms with E-state index in [0.717, 1.165) is 25.0 Å². The minimum Gasteiger partial charge on any atom is -0.399 e. The fourth-order valence-electron chi connectivity index (χ4n) is 6.26. The van der Waals surface area contributed by atoms with Gasteiger partial charge in [0.2, 0.25) is 0 Å².